The molecule has 25 aromatic rings. The molecule has 0 saturated carbocycles. The molecule has 130 heavy (non-hydrogen) atoms. The van der Waals surface area contributed by atoms with Crippen molar-refractivity contribution in [2.75, 3.05) is 0 Å². The van der Waals surface area contributed by atoms with E-state index in [0.717, 1.165) is 189 Å². The maximum atomic E-state index is 6.56. The lowest BCUT2D eigenvalue weighted by molar-refractivity contribution is 0.669. The lowest BCUT2D eigenvalue weighted by Gasteiger charge is -2.17. The summed E-state index contributed by atoms with van der Waals surface area (Å²) in [5, 5.41) is 9.18. The molecule has 608 valence electrons. The summed E-state index contributed by atoms with van der Waals surface area (Å²) in [5.74, 6) is 3.64. The SMILES string of the molecule is c1ccc(-c2cccc(-c3nc(-c4cccc(-c5ccccc5)c4)nc(-c4ccc(-n5c6ccccc6c6ccc(-c7cccc8c7oc7ccccc78)cc65)c(-c5ccccc5)c4)n3)c2)cc1.c1ccc(-c2cccc(-c3nc(-c4ccccc4)nc(-c4ccc(-n5c6ccccc6c6ccc(-c7cccc8c7oc7ccccc78)cc65)c(-c5ccccc5)c4)n3)c2)cc1. The molecule has 0 aliphatic rings. The van der Waals surface area contributed by atoms with Gasteiger partial charge in [-0.1, -0.05) is 370 Å². The number of fused-ring (bicyclic) bond motifs is 12. The van der Waals surface area contributed by atoms with Crippen LogP contribution in [0.15, 0.2) is 470 Å². The largest absolute Gasteiger partial charge is 0.455 e. The van der Waals surface area contributed by atoms with E-state index in [-0.39, 0.29) is 0 Å². The van der Waals surface area contributed by atoms with Gasteiger partial charge in [-0.25, -0.2) is 29.9 Å². The van der Waals surface area contributed by atoms with Gasteiger partial charge < -0.3 is 18.0 Å². The molecule has 0 radical (unpaired) electrons. The smallest absolute Gasteiger partial charge is 0.164 e. The molecular formula is C120H76N8O2. The zero-order chi connectivity index (χ0) is 86.0. The molecule has 19 aromatic carbocycles. The summed E-state index contributed by atoms with van der Waals surface area (Å²) in [4.78, 5) is 31.2. The fourth-order valence-corrected chi connectivity index (χ4v) is 18.7. The molecule has 0 atom stereocenters. The molecule has 0 spiro atoms. The summed E-state index contributed by atoms with van der Waals surface area (Å²) in [5.41, 5.74) is 30.8. The zero-order valence-electron chi connectivity index (χ0n) is 70.3. The second-order valence-corrected chi connectivity index (χ2v) is 32.7. The normalized spacial score (nSPS) is 11.5. The van der Waals surface area contributed by atoms with E-state index in [4.69, 9.17) is 38.7 Å². The van der Waals surface area contributed by atoms with Gasteiger partial charge >= 0.3 is 0 Å². The highest BCUT2D eigenvalue weighted by molar-refractivity contribution is 6.16. The van der Waals surface area contributed by atoms with Gasteiger partial charge in [-0.15, -0.1) is 0 Å². The maximum Gasteiger partial charge on any atom is 0.164 e. The van der Waals surface area contributed by atoms with Crippen molar-refractivity contribution in [2.24, 2.45) is 0 Å². The number of hydrogen-bond acceptors (Lipinski definition) is 8. The van der Waals surface area contributed by atoms with Gasteiger partial charge in [-0.2, -0.15) is 0 Å². The number of nitrogens with zero attached hydrogens (tertiary/aromatic N) is 8. The second kappa shape index (κ2) is 32.5. The molecule has 6 heterocycles. The van der Waals surface area contributed by atoms with Gasteiger partial charge in [-0.3, -0.25) is 0 Å². The van der Waals surface area contributed by atoms with E-state index in [2.05, 4.69) is 397 Å². The fraction of sp³-hybridized carbons (Fsp3) is 0. The Kier molecular flexibility index (Phi) is 19.0. The predicted octanol–water partition coefficient (Wildman–Crippen LogP) is 31.4. The van der Waals surface area contributed by atoms with Crippen LogP contribution in [0.1, 0.15) is 0 Å². The number of rotatable bonds is 15. The van der Waals surface area contributed by atoms with Crippen molar-refractivity contribution in [1.82, 2.24) is 39.0 Å². The van der Waals surface area contributed by atoms with Crippen LogP contribution in [-0.4, -0.2) is 39.0 Å². The molecule has 10 heteroatoms. The lowest BCUT2D eigenvalue weighted by Crippen LogP contribution is -2.02. The van der Waals surface area contributed by atoms with Crippen LogP contribution in [0.3, 0.4) is 0 Å². The highest BCUT2D eigenvalue weighted by atomic mass is 16.3. The van der Waals surface area contributed by atoms with Crippen molar-refractivity contribution in [1.29, 1.82) is 0 Å². The quantitative estimate of drug-likeness (QED) is 0.0997. The first-order valence-corrected chi connectivity index (χ1v) is 43.8. The summed E-state index contributed by atoms with van der Waals surface area (Å²) in [7, 11) is 0. The molecule has 0 unspecified atom stereocenters. The minimum absolute atomic E-state index is 0.590. The topological polar surface area (TPSA) is 113 Å². The minimum atomic E-state index is 0.590. The third-order valence-electron chi connectivity index (χ3n) is 24.9. The molecular weight excluding hydrogens is 1590 g/mol. The van der Waals surface area contributed by atoms with Gasteiger partial charge in [0.25, 0.3) is 0 Å². The van der Waals surface area contributed by atoms with Crippen molar-refractivity contribution in [3.8, 4) is 158 Å². The molecule has 0 fully saturated rings. The van der Waals surface area contributed by atoms with Crippen molar-refractivity contribution in [3.05, 3.63) is 461 Å². The maximum absolute atomic E-state index is 6.56. The Morgan fingerprint density at radius 2 is 0.408 bits per heavy atom. The first kappa shape index (κ1) is 76.1. The van der Waals surface area contributed by atoms with Crippen molar-refractivity contribution < 1.29 is 8.83 Å². The summed E-state index contributed by atoms with van der Waals surface area (Å²) in [6, 6.07) is 162. The van der Waals surface area contributed by atoms with Crippen LogP contribution in [0, 0.1) is 0 Å². The van der Waals surface area contributed by atoms with E-state index in [1.807, 2.05) is 72.8 Å². The van der Waals surface area contributed by atoms with Crippen molar-refractivity contribution in [2.45, 2.75) is 0 Å². The molecule has 0 aliphatic heterocycles. The van der Waals surface area contributed by atoms with Crippen molar-refractivity contribution >= 4 is 87.5 Å². The minimum Gasteiger partial charge on any atom is -0.455 e. The van der Waals surface area contributed by atoms with Gasteiger partial charge in [0.2, 0.25) is 0 Å². The second-order valence-electron chi connectivity index (χ2n) is 32.7. The molecule has 10 nitrogen and oxygen atoms in total. The Balaban J connectivity index is 0.000000145. The van der Waals surface area contributed by atoms with Crippen LogP contribution < -0.4 is 0 Å². The average Bonchev–Trinajstić information content (AvgIpc) is 1.57. The molecule has 0 saturated heterocycles. The fourth-order valence-electron chi connectivity index (χ4n) is 18.7. The highest BCUT2D eigenvalue weighted by Crippen LogP contribution is 2.46. The van der Waals surface area contributed by atoms with E-state index in [9.17, 15) is 0 Å². The van der Waals surface area contributed by atoms with Gasteiger partial charge in [0.1, 0.15) is 22.3 Å². The van der Waals surface area contributed by atoms with E-state index in [0.29, 0.717) is 34.9 Å². The lowest BCUT2D eigenvalue weighted by atomic mass is 9.99. The van der Waals surface area contributed by atoms with E-state index >= 15 is 0 Å². The monoisotopic (exact) mass is 1660 g/mol. The van der Waals surface area contributed by atoms with E-state index < -0.39 is 0 Å². The number of furan rings is 2. The predicted molar refractivity (Wildman–Crippen MR) is 534 cm³/mol. The van der Waals surface area contributed by atoms with Crippen LogP contribution >= 0.6 is 0 Å². The Bertz CT molecular complexity index is 8560. The molecule has 0 bridgehead atoms. The number of aromatic nitrogens is 8. The average molecular weight is 1660 g/mol. The molecule has 6 aromatic heterocycles. The van der Waals surface area contributed by atoms with E-state index in [1.165, 1.54) is 21.5 Å². The van der Waals surface area contributed by atoms with Gasteiger partial charge in [-0.05, 0) is 147 Å². The number of benzene rings is 19. The highest BCUT2D eigenvalue weighted by Gasteiger charge is 2.25. The van der Waals surface area contributed by atoms with Crippen LogP contribution in [0.5, 0.6) is 0 Å². The van der Waals surface area contributed by atoms with Crippen LogP contribution in [0.2, 0.25) is 0 Å². The summed E-state index contributed by atoms with van der Waals surface area (Å²) < 4.78 is 17.9. The Morgan fingerprint density at radius 1 is 0.146 bits per heavy atom. The Morgan fingerprint density at radius 3 is 0.777 bits per heavy atom. The third-order valence-corrected chi connectivity index (χ3v) is 24.9. The molecule has 0 N–H and O–H groups in total. The van der Waals surface area contributed by atoms with E-state index in [1.54, 1.807) is 0 Å². The summed E-state index contributed by atoms with van der Waals surface area (Å²) >= 11 is 0. The van der Waals surface area contributed by atoms with Crippen LogP contribution in [0.4, 0.5) is 0 Å². The van der Waals surface area contributed by atoms with Gasteiger partial charge in [0.05, 0.1) is 33.4 Å². The first-order chi connectivity index (χ1) is 64.4. The zero-order valence-corrected chi connectivity index (χ0v) is 70.3. The van der Waals surface area contributed by atoms with Crippen LogP contribution in [-0.2, 0) is 0 Å². The number of para-hydroxylation sites is 6. The number of hydrogen-bond donors (Lipinski definition) is 0. The summed E-state index contributed by atoms with van der Waals surface area (Å²) in [6.07, 6.45) is 0. The van der Waals surface area contributed by atoms with Gasteiger partial charge in [0, 0.05) is 98.7 Å². The van der Waals surface area contributed by atoms with Crippen LogP contribution in [0.25, 0.3) is 245 Å². The molecule has 0 aliphatic carbocycles. The molecule has 0 amide bonds. The third kappa shape index (κ3) is 13.9. The van der Waals surface area contributed by atoms with Gasteiger partial charge in [0.15, 0.2) is 34.9 Å². The Hall–Kier alpha value is -17.6. The molecule has 25 rings (SSSR count). The summed E-state index contributed by atoms with van der Waals surface area (Å²) in [6.45, 7) is 0. The standard InChI is InChI=1S/C63H40N4O.C57H36N4O/c1-4-17-41(18-5-1)44-23-14-25-47(37-44)61-64-62(48-26-15-24-45(38-48)42-19-6-2-7-20-42)66-63(65-61)49-34-36-57(55(39-49)43-21-8-3-9-22-43)67-56-31-12-10-27-51(56)52-35-33-46(40-58(52)67)50-29-16-30-54-53-28-11-13-32-59(53)68-60(50)54;1-4-16-37(17-5-1)40-22-14-23-42(34-40)56-58-55(39-20-8-3-9-21-39)59-57(60-56)43-31-33-51(49(35-43)38-18-6-2-7-19-38)61-50-28-12-10-24-45(50)46-32-30-41(36-52(46)61)44-26-15-27-48-47-25-11-13-29-53(47)62-54(44)48/h1-40H;1-36H. The first-order valence-electron chi connectivity index (χ1n) is 43.8. The Labute approximate surface area is 749 Å². The van der Waals surface area contributed by atoms with Crippen molar-refractivity contribution in [3.63, 3.8) is 0 Å².